The second-order valence-corrected chi connectivity index (χ2v) is 5.42. The van der Waals surface area contributed by atoms with E-state index in [1.54, 1.807) is 6.07 Å². The van der Waals surface area contributed by atoms with Crippen LogP contribution in [-0.4, -0.2) is 11.2 Å². The Kier molecular flexibility index (Phi) is 2.82. The van der Waals surface area contributed by atoms with E-state index in [0.29, 0.717) is 0 Å². The number of fused-ring (bicyclic) bond motifs is 1. The summed E-state index contributed by atoms with van der Waals surface area (Å²) < 4.78 is 8.23. The fourth-order valence-corrected chi connectivity index (χ4v) is 3.49. The van der Waals surface area contributed by atoms with Gasteiger partial charge in [-0.25, -0.2) is 0 Å². The number of benzene rings is 1. The van der Waals surface area contributed by atoms with E-state index in [2.05, 4.69) is 4.57 Å². The van der Waals surface area contributed by atoms with E-state index in [-0.39, 0.29) is 23.4 Å². The van der Waals surface area contributed by atoms with Gasteiger partial charge in [0.05, 0.1) is 11.1 Å². The fraction of sp³-hybridized carbons (Fsp3) is 0.400. The van der Waals surface area contributed by atoms with Crippen LogP contribution in [0.2, 0.25) is 0 Å². The second kappa shape index (κ2) is 4.27. The number of hydrogen-bond acceptors (Lipinski definition) is 2. The molecule has 1 saturated carbocycles. The molecule has 0 radical (unpaired) electrons. The molecule has 2 aliphatic rings. The SMILES string of the molecule is Cl.O=c1ccn2c3c(cccc13)OCC21CCCC1. The highest BCUT2D eigenvalue weighted by Crippen LogP contribution is 2.43. The van der Waals surface area contributed by atoms with Gasteiger partial charge in [0, 0.05) is 17.6 Å². The van der Waals surface area contributed by atoms with Crippen molar-refractivity contribution >= 4 is 23.3 Å². The van der Waals surface area contributed by atoms with Crippen LogP contribution in [0, 0.1) is 0 Å². The van der Waals surface area contributed by atoms with Crippen LogP contribution in [0.3, 0.4) is 0 Å². The van der Waals surface area contributed by atoms with Gasteiger partial charge in [-0.05, 0) is 25.0 Å². The molecule has 0 atom stereocenters. The largest absolute Gasteiger partial charge is 0.489 e. The maximum atomic E-state index is 12.0. The molecule has 4 rings (SSSR count). The fourth-order valence-electron chi connectivity index (χ4n) is 3.49. The topological polar surface area (TPSA) is 31.2 Å². The Hall–Kier alpha value is -1.48. The van der Waals surface area contributed by atoms with E-state index in [9.17, 15) is 4.79 Å². The Balaban J connectivity index is 0.00000110. The van der Waals surface area contributed by atoms with Crippen molar-refractivity contribution in [1.82, 2.24) is 4.57 Å². The zero-order valence-corrected chi connectivity index (χ0v) is 11.4. The van der Waals surface area contributed by atoms with Crippen molar-refractivity contribution in [3.05, 3.63) is 40.7 Å². The first-order valence-electron chi connectivity index (χ1n) is 6.58. The minimum atomic E-state index is 0. The molecular formula is C15H16ClNO2. The number of aromatic nitrogens is 1. The van der Waals surface area contributed by atoms with Crippen LogP contribution < -0.4 is 10.2 Å². The summed E-state index contributed by atoms with van der Waals surface area (Å²) >= 11 is 0. The first-order chi connectivity index (χ1) is 8.80. The highest BCUT2D eigenvalue weighted by Gasteiger charge is 2.39. The summed E-state index contributed by atoms with van der Waals surface area (Å²) in [6.07, 6.45) is 6.76. The molecule has 0 bridgehead atoms. The third-order valence-electron chi connectivity index (χ3n) is 4.42. The number of para-hydroxylation sites is 1. The molecular weight excluding hydrogens is 262 g/mol. The third-order valence-corrected chi connectivity index (χ3v) is 4.42. The number of pyridine rings is 1. The van der Waals surface area contributed by atoms with Gasteiger partial charge in [0.15, 0.2) is 5.43 Å². The summed E-state index contributed by atoms with van der Waals surface area (Å²) in [5.74, 6) is 0.850. The maximum absolute atomic E-state index is 12.0. The molecule has 0 unspecified atom stereocenters. The van der Waals surface area contributed by atoms with E-state index >= 15 is 0 Å². The van der Waals surface area contributed by atoms with Crippen molar-refractivity contribution in [3.8, 4) is 5.75 Å². The molecule has 100 valence electrons. The minimum absolute atomic E-state index is 0. The van der Waals surface area contributed by atoms with Gasteiger partial charge in [0.25, 0.3) is 0 Å². The smallest absolute Gasteiger partial charge is 0.189 e. The van der Waals surface area contributed by atoms with Crippen molar-refractivity contribution < 1.29 is 4.74 Å². The predicted octanol–water partition coefficient (Wildman–Crippen LogP) is 3.09. The Morgan fingerprint density at radius 2 is 1.95 bits per heavy atom. The molecule has 4 heteroatoms. The Morgan fingerprint density at radius 3 is 2.74 bits per heavy atom. The van der Waals surface area contributed by atoms with Crippen LogP contribution >= 0.6 is 12.4 Å². The number of ether oxygens (including phenoxy) is 1. The van der Waals surface area contributed by atoms with Gasteiger partial charge in [0.1, 0.15) is 12.4 Å². The molecule has 2 aromatic rings. The van der Waals surface area contributed by atoms with Gasteiger partial charge in [-0.2, -0.15) is 0 Å². The van der Waals surface area contributed by atoms with Crippen LogP contribution in [0.1, 0.15) is 25.7 Å². The molecule has 1 aliphatic heterocycles. The molecule has 1 aromatic heterocycles. The molecule has 0 N–H and O–H groups in total. The summed E-state index contributed by atoms with van der Waals surface area (Å²) in [5.41, 5.74) is 1.15. The molecule has 1 fully saturated rings. The van der Waals surface area contributed by atoms with Crippen LogP contribution in [0.5, 0.6) is 5.75 Å². The molecule has 1 spiro atoms. The van der Waals surface area contributed by atoms with Crippen molar-refractivity contribution in [2.45, 2.75) is 31.2 Å². The second-order valence-electron chi connectivity index (χ2n) is 5.42. The van der Waals surface area contributed by atoms with Crippen LogP contribution in [-0.2, 0) is 5.54 Å². The molecule has 0 amide bonds. The van der Waals surface area contributed by atoms with E-state index in [0.717, 1.165) is 36.1 Å². The van der Waals surface area contributed by atoms with Crippen molar-refractivity contribution in [2.24, 2.45) is 0 Å². The van der Waals surface area contributed by atoms with Gasteiger partial charge in [-0.3, -0.25) is 4.79 Å². The molecule has 1 aromatic carbocycles. The Bertz CT molecular complexity index is 686. The summed E-state index contributed by atoms with van der Waals surface area (Å²) in [6, 6.07) is 7.45. The Labute approximate surface area is 117 Å². The Morgan fingerprint density at radius 1 is 1.16 bits per heavy atom. The summed E-state index contributed by atoms with van der Waals surface area (Å²) in [5, 5.41) is 0.779. The molecule has 1 aliphatic carbocycles. The van der Waals surface area contributed by atoms with E-state index in [4.69, 9.17) is 4.74 Å². The van der Waals surface area contributed by atoms with Gasteiger partial charge >= 0.3 is 0 Å². The highest BCUT2D eigenvalue weighted by atomic mass is 35.5. The van der Waals surface area contributed by atoms with Crippen LogP contribution in [0.4, 0.5) is 0 Å². The zero-order chi connectivity index (χ0) is 12.2. The lowest BCUT2D eigenvalue weighted by molar-refractivity contribution is 0.142. The number of rotatable bonds is 0. The molecule has 0 saturated heterocycles. The molecule has 3 nitrogen and oxygen atoms in total. The standard InChI is InChI=1S/C15H15NO2.ClH/c17-12-6-9-16-14-11(12)4-3-5-13(14)18-10-15(16)7-1-2-8-15;/h3-6,9H,1-2,7-8,10H2;1H. The lowest BCUT2D eigenvalue weighted by atomic mass is 9.95. The number of halogens is 1. The predicted molar refractivity (Wildman–Crippen MR) is 77.4 cm³/mol. The summed E-state index contributed by atoms with van der Waals surface area (Å²) in [7, 11) is 0. The van der Waals surface area contributed by atoms with Gasteiger partial charge in [-0.1, -0.05) is 18.9 Å². The minimum Gasteiger partial charge on any atom is -0.489 e. The van der Waals surface area contributed by atoms with Crippen molar-refractivity contribution in [1.29, 1.82) is 0 Å². The summed E-state index contributed by atoms with van der Waals surface area (Å²) in [4.78, 5) is 12.0. The normalized spacial score (nSPS) is 19.2. The first kappa shape index (κ1) is 12.5. The van der Waals surface area contributed by atoms with Crippen LogP contribution in [0.15, 0.2) is 35.3 Å². The van der Waals surface area contributed by atoms with Gasteiger partial charge in [0.2, 0.25) is 0 Å². The van der Waals surface area contributed by atoms with E-state index in [1.165, 1.54) is 12.8 Å². The number of hydrogen-bond donors (Lipinski definition) is 0. The average molecular weight is 278 g/mol. The monoisotopic (exact) mass is 277 g/mol. The van der Waals surface area contributed by atoms with E-state index < -0.39 is 0 Å². The van der Waals surface area contributed by atoms with Gasteiger partial charge in [-0.15, -0.1) is 12.4 Å². The molecule has 19 heavy (non-hydrogen) atoms. The van der Waals surface area contributed by atoms with Crippen LogP contribution in [0.25, 0.3) is 10.9 Å². The van der Waals surface area contributed by atoms with E-state index in [1.807, 2.05) is 24.4 Å². The highest BCUT2D eigenvalue weighted by molar-refractivity contribution is 5.86. The first-order valence-corrected chi connectivity index (χ1v) is 6.58. The third kappa shape index (κ3) is 1.61. The average Bonchev–Trinajstić information content (AvgIpc) is 2.86. The zero-order valence-electron chi connectivity index (χ0n) is 10.6. The summed E-state index contributed by atoms with van der Waals surface area (Å²) in [6.45, 7) is 0.738. The quantitative estimate of drug-likeness (QED) is 0.741. The van der Waals surface area contributed by atoms with Crippen molar-refractivity contribution in [2.75, 3.05) is 6.61 Å². The number of nitrogens with zero attached hydrogens (tertiary/aromatic N) is 1. The lowest BCUT2D eigenvalue weighted by Crippen LogP contribution is -2.40. The van der Waals surface area contributed by atoms with Gasteiger partial charge < -0.3 is 9.30 Å². The molecule has 2 heterocycles. The lowest BCUT2D eigenvalue weighted by Gasteiger charge is -2.37. The maximum Gasteiger partial charge on any atom is 0.189 e. The van der Waals surface area contributed by atoms with Crippen molar-refractivity contribution in [3.63, 3.8) is 0 Å².